The summed E-state index contributed by atoms with van der Waals surface area (Å²) in [5.41, 5.74) is 3.18. The van der Waals surface area contributed by atoms with Crippen LogP contribution in [0.25, 0.3) is 0 Å². The number of hydrogen-bond donors (Lipinski definition) is 2. The summed E-state index contributed by atoms with van der Waals surface area (Å²) in [6.07, 6.45) is 0.897. The minimum atomic E-state index is 0.0210. The zero-order valence-corrected chi connectivity index (χ0v) is 15.5. The van der Waals surface area contributed by atoms with Crippen molar-refractivity contribution in [2.75, 3.05) is 38.6 Å². The number of anilines is 1. The number of carbonyl (C=O) groups is 1. The molecule has 2 aromatic carbocycles. The van der Waals surface area contributed by atoms with Crippen molar-refractivity contribution in [1.82, 2.24) is 10.2 Å². The van der Waals surface area contributed by atoms with Crippen LogP contribution >= 0.6 is 0 Å². The van der Waals surface area contributed by atoms with Crippen molar-refractivity contribution in [2.45, 2.75) is 19.4 Å². The molecule has 0 saturated carbocycles. The minimum Gasteiger partial charge on any atom is -0.496 e. The highest BCUT2D eigenvalue weighted by Crippen LogP contribution is 2.30. The number of nitrogens with zero attached hydrogens (tertiary/aromatic N) is 1. The smallest absolute Gasteiger partial charge is 0.238 e. The fourth-order valence-corrected chi connectivity index (χ4v) is 3.51. The lowest BCUT2D eigenvalue weighted by Crippen LogP contribution is -2.48. The van der Waals surface area contributed by atoms with Crippen LogP contribution in [0.4, 0.5) is 5.69 Å². The molecular formula is C21H27N3O2. The van der Waals surface area contributed by atoms with E-state index in [1.807, 2.05) is 36.4 Å². The van der Waals surface area contributed by atoms with Gasteiger partial charge in [0.05, 0.1) is 19.7 Å². The van der Waals surface area contributed by atoms with Crippen molar-refractivity contribution in [3.8, 4) is 5.75 Å². The van der Waals surface area contributed by atoms with Gasteiger partial charge < -0.3 is 15.4 Å². The second-order valence-corrected chi connectivity index (χ2v) is 6.49. The number of methoxy groups -OCH3 is 1. The molecule has 1 aliphatic rings. The van der Waals surface area contributed by atoms with E-state index in [4.69, 9.17) is 4.74 Å². The van der Waals surface area contributed by atoms with E-state index in [9.17, 15) is 4.79 Å². The summed E-state index contributed by atoms with van der Waals surface area (Å²) in [5.74, 6) is 0.885. The molecule has 26 heavy (non-hydrogen) atoms. The lowest BCUT2D eigenvalue weighted by Gasteiger charge is -2.36. The number of nitrogens with one attached hydrogen (secondary N) is 2. The van der Waals surface area contributed by atoms with Crippen molar-refractivity contribution < 1.29 is 9.53 Å². The van der Waals surface area contributed by atoms with E-state index < -0.39 is 0 Å². The first-order chi connectivity index (χ1) is 12.7. The van der Waals surface area contributed by atoms with E-state index in [-0.39, 0.29) is 11.9 Å². The maximum Gasteiger partial charge on any atom is 0.238 e. The van der Waals surface area contributed by atoms with E-state index in [0.717, 1.165) is 48.6 Å². The Kier molecular flexibility index (Phi) is 6.26. The monoisotopic (exact) mass is 353 g/mol. The highest BCUT2D eigenvalue weighted by molar-refractivity contribution is 5.93. The lowest BCUT2D eigenvalue weighted by atomic mass is 10.0. The molecule has 3 rings (SSSR count). The van der Waals surface area contributed by atoms with Crippen molar-refractivity contribution in [2.24, 2.45) is 0 Å². The Hall–Kier alpha value is -2.37. The van der Waals surface area contributed by atoms with Crippen LogP contribution in [0.1, 0.15) is 24.1 Å². The second-order valence-electron chi connectivity index (χ2n) is 6.49. The molecule has 1 saturated heterocycles. The van der Waals surface area contributed by atoms with E-state index in [2.05, 4.69) is 34.6 Å². The third kappa shape index (κ3) is 4.23. The summed E-state index contributed by atoms with van der Waals surface area (Å²) in [7, 11) is 1.69. The summed E-state index contributed by atoms with van der Waals surface area (Å²) in [6.45, 7) is 4.97. The van der Waals surface area contributed by atoms with Gasteiger partial charge in [-0.25, -0.2) is 0 Å². The van der Waals surface area contributed by atoms with E-state index in [0.29, 0.717) is 6.54 Å². The summed E-state index contributed by atoms with van der Waals surface area (Å²) >= 11 is 0. The Balaban J connectivity index is 1.73. The Bertz CT molecular complexity index is 748. The minimum absolute atomic E-state index is 0.0210. The van der Waals surface area contributed by atoms with Gasteiger partial charge in [-0.05, 0) is 24.1 Å². The molecule has 0 aliphatic carbocycles. The van der Waals surface area contributed by atoms with Gasteiger partial charge in [0.2, 0.25) is 5.91 Å². The van der Waals surface area contributed by atoms with Crippen molar-refractivity contribution >= 4 is 11.6 Å². The number of para-hydroxylation sites is 2. The predicted molar refractivity (Wildman–Crippen MR) is 105 cm³/mol. The summed E-state index contributed by atoms with van der Waals surface area (Å²) in [6, 6.07) is 16.1. The SMILES string of the molecule is CCc1ccccc1NC(=O)CN1CCNCC1c1ccccc1OC. The van der Waals surface area contributed by atoms with Gasteiger partial charge in [-0.15, -0.1) is 0 Å². The zero-order valence-electron chi connectivity index (χ0n) is 15.5. The molecule has 1 fully saturated rings. The van der Waals surface area contributed by atoms with Crippen LogP contribution in [0.5, 0.6) is 5.75 Å². The summed E-state index contributed by atoms with van der Waals surface area (Å²) in [5, 5.41) is 6.50. The fraction of sp³-hybridized carbons (Fsp3) is 0.381. The van der Waals surface area contributed by atoms with Gasteiger partial charge in [0.15, 0.2) is 0 Å². The summed E-state index contributed by atoms with van der Waals surface area (Å²) < 4.78 is 5.52. The number of amides is 1. The molecule has 1 aliphatic heterocycles. The first kappa shape index (κ1) is 18.4. The van der Waals surface area contributed by atoms with Gasteiger partial charge in [0.1, 0.15) is 5.75 Å². The molecule has 0 radical (unpaired) electrons. The Morgan fingerprint density at radius 2 is 2.00 bits per heavy atom. The molecular weight excluding hydrogens is 326 g/mol. The molecule has 5 heteroatoms. The largest absolute Gasteiger partial charge is 0.496 e. The third-order valence-electron chi connectivity index (χ3n) is 4.87. The molecule has 2 aromatic rings. The Morgan fingerprint density at radius 3 is 2.81 bits per heavy atom. The molecule has 138 valence electrons. The van der Waals surface area contributed by atoms with Gasteiger partial charge in [0, 0.05) is 30.9 Å². The lowest BCUT2D eigenvalue weighted by molar-refractivity contribution is -0.118. The number of rotatable bonds is 6. The molecule has 0 bridgehead atoms. The van der Waals surface area contributed by atoms with Gasteiger partial charge in [0.25, 0.3) is 0 Å². The topological polar surface area (TPSA) is 53.6 Å². The maximum absolute atomic E-state index is 12.7. The predicted octanol–water partition coefficient (Wildman–Crippen LogP) is 2.84. The molecule has 1 heterocycles. The molecule has 2 N–H and O–H groups in total. The Labute approximate surface area is 155 Å². The van der Waals surface area contributed by atoms with E-state index in [1.54, 1.807) is 7.11 Å². The molecule has 1 amide bonds. The number of carbonyl (C=O) groups excluding carboxylic acids is 1. The van der Waals surface area contributed by atoms with E-state index in [1.165, 1.54) is 0 Å². The fourth-order valence-electron chi connectivity index (χ4n) is 3.51. The zero-order chi connectivity index (χ0) is 18.4. The molecule has 5 nitrogen and oxygen atoms in total. The van der Waals surface area contributed by atoms with Crippen LogP contribution in [0.15, 0.2) is 48.5 Å². The molecule has 0 spiro atoms. The van der Waals surface area contributed by atoms with Crippen molar-refractivity contribution in [1.29, 1.82) is 0 Å². The van der Waals surface area contributed by atoms with Crippen LogP contribution < -0.4 is 15.4 Å². The van der Waals surface area contributed by atoms with Crippen LogP contribution in [-0.2, 0) is 11.2 Å². The molecule has 0 aromatic heterocycles. The average Bonchev–Trinajstić information content (AvgIpc) is 2.68. The van der Waals surface area contributed by atoms with Crippen LogP contribution in [0.2, 0.25) is 0 Å². The summed E-state index contributed by atoms with van der Waals surface area (Å²) in [4.78, 5) is 14.9. The maximum atomic E-state index is 12.7. The van der Waals surface area contributed by atoms with Gasteiger partial charge in [-0.1, -0.05) is 43.3 Å². The average molecular weight is 353 g/mol. The van der Waals surface area contributed by atoms with Gasteiger partial charge in [-0.3, -0.25) is 9.69 Å². The van der Waals surface area contributed by atoms with Gasteiger partial charge >= 0.3 is 0 Å². The Morgan fingerprint density at radius 1 is 1.23 bits per heavy atom. The van der Waals surface area contributed by atoms with Crippen LogP contribution in [-0.4, -0.2) is 44.1 Å². The van der Waals surface area contributed by atoms with Gasteiger partial charge in [-0.2, -0.15) is 0 Å². The number of hydrogen-bond acceptors (Lipinski definition) is 4. The number of piperazine rings is 1. The highest BCUT2D eigenvalue weighted by atomic mass is 16.5. The van der Waals surface area contributed by atoms with Crippen molar-refractivity contribution in [3.63, 3.8) is 0 Å². The van der Waals surface area contributed by atoms with Crippen LogP contribution in [0, 0.1) is 0 Å². The molecule has 1 atom stereocenters. The first-order valence-electron chi connectivity index (χ1n) is 9.18. The molecule has 1 unspecified atom stereocenters. The highest BCUT2D eigenvalue weighted by Gasteiger charge is 2.27. The van der Waals surface area contributed by atoms with Crippen LogP contribution in [0.3, 0.4) is 0 Å². The number of aryl methyl sites for hydroxylation is 1. The quantitative estimate of drug-likeness (QED) is 0.838. The first-order valence-corrected chi connectivity index (χ1v) is 9.18. The van der Waals surface area contributed by atoms with E-state index >= 15 is 0 Å². The standard InChI is InChI=1S/C21H27N3O2/c1-3-16-8-4-6-10-18(16)23-21(25)15-24-13-12-22-14-19(24)17-9-5-7-11-20(17)26-2/h4-11,19,22H,3,12-15H2,1-2H3,(H,23,25). The number of ether oxygens (including phenoxy) is 1. The third-order valence-corrected chi connectivity index (χ3v) is 4.87. The van der Waals surface area contributed by atoms with Crippen molar-refractivity contribution in [3.05, 3.63) is 59.7 Å². The number of benzene rings is 2. The normalized spacial score (nSPS) is 17.7. The second kappa shape index (κ2) is 8.83.